The lowest BCUT2D eigenvalue weighted by Gasteiger charge is -2.46. The Hall–Kier alpha value is -3.61. The predicted octanol–water partition coefficient (Wildman–Crippen LogP) is 14.9. The summed E-state index contributed by atoms with van der Waals surface area (Å²) in [6.45, 7) is 2.63. The van der Waals surface area contributed by atoms with Gasteiger partial charge in [-0.25, -0.2) is 0 Å². The fraction of sp³-hybridized carbons (Fsp3) is 0.724. The molecular weight excluding hydrogens is 1130 g/mol. The van der Waals surface area contributed by atoms with E-state index < -0.39 is 86.8 Å². The van der Waals surface area contributed by atoms with Gasteiger partial charge in [0.05, 0.1) is 32.0 Å². The maximum absolute atomic E-state index is 13.3. The summed E-state index contributed by atoms with van der Waals surface area (Å²) in [5, 5.41) is 87.3. The molecule has 516 valence electrons. The maximum Gasteiger partial charge on any atom is 0.220 e. The van der Waals surface area contributed by atoms with E-state index in [4.69, 9.17) is 18.9 Å². The van der Waals surface area contributed by atoms with Gasteiger partial charge in [-0.2, -0.15) is 0 Å². The van der Waals surface area contributed by atoms with E-state index in [-0.39, 0.29) is 18.9 Å². The van der Waals surface area contributed by atoms with E-state index in [9.17, 15) is 45.6 Å². The molecule has 14 nitrogen and oxygen atoms in total. The molecule has 0 saturated carbocycles. The first-order valence-electron chi connectivity index (χ1n) is 35.8. The van der Waals surface area contributed by atoms with Gasteiger partial charge in [0.1, 0.15) is 48.8 Å². The molecule has 0 bridgehead atoms. The number of carbonyl (C=O) groups excluding carboxylic acids is 1. The van der Waals surface area contributed by atoms with Crippen LogP contribution in [0.25, 0.3) is 0 Å². The maximum atomic E-state index is 13.3. The van der Waals surface area contributed by atoms with E-state index in [0.29, 0.717) is 19.3 Å². The molecule has 0 radical (unpaired) electrons. The summed E-state index contributed by atoms with van der Waals surface area (Å²) in [7, 11) is 0. The Morgan fingerprint density at radius 3 is 1.22 bits per heavy atom. The molecule has 2 rings (SSSR count). The normalized spacial score (nSPS) is 23.7. The molecule has 14 heteroatoms. The van der Waals surface area contributed by atoms with Crippen LogP contribution in [-0.2, 0) is 23.7 Å². The summed E-state index contributed by atoms with van der Waals surface area (Å²) in [4.78, 5) is 13.3. The zero-order chi connectivity index (χ0) is 65.2. The number of hydrogen-bond acceptors (Lipinski definition) is 13. The van der Waals surface area contributed by atoms with Crippen molar-refractivity contribution in [2.75, 3.05) is 19.8 Å². The first kappa shape index (κ1) is 82.5. The first-order valence-corrected chi connectivity index (χ1v) is 35.8. The third kappa shape index (κ3) is 42.6. The minimum Gasteiger partial charge on any atom is -0.394 e. The third-order valence-electron chi connectivity index (χ3n) is 16.6. The van der Waals surface area contributed by atoms with Crippen LogP contribution < -0.4 is 5.32 Å². The zero-order valence-electron chi connectivity index (χ0n) is 56.1. The third-order valence-corrected chi connectivity index (χ3v) is 16.6. The van der Waals surface area contributed by atoms with Crippen LogP contribution >= 0.6 is 0 Å². The monoisotopic (exact) mass is 1260 g/mol. The number of aliphatic hydroxyl groups is 8. The lowest BCUT2D eigenvalue weighted by molar-refractivity contribution is -0.359. The van der Waals surface area contributed by atoms with Gasteiger partial charge in [-0.15, -0.1) is 0 Å². The van der Waals surface area contributed by atoms with Crippen molar-refractivity contribution in [2.24, 2.45) is 0 Å². The lowest BCUT2D eigenvalue weighted by atomic mass is 9.97. The van der Waals surface area contributed by atoms with E-state index in [1.165, 1.54) is 148 Å². The van der Waals surface area contributed by atoms with Crippen LogP contribution in [0.3, 0.4) is 0 Å². The van der Waals surface area contributed by atoms with E-state index in [2.05, 4.69) is 122 Å². The Bertz CT molecular complexity index is 1980. The topological polar surface area (TPSA) is 228 Å². The molecule has 0 aromatic rings. The van der Waals surface area contributed by atoms with Crippen LogP contribution in [0.15, 0.2) is 122 Å². The number of amides is 1. The number of unbranched alkanes of at least 4 members (excludes halogenated alkanes) is 26. The highest BCUT2D eigenvalue weighted by Crippen LogP contribution is 2.30. The summed E-state index contributed by atoms with van der Waals surface area (Å²) in [6.07, 6.45) is 69.9. The van der Waals surface area contributed by atoms with E-state index in [1.807, 2.05) is 12.2 Å². The van der Waals surface area contributed by atoms with Gasteiger partial charge in [-0.3, -0.25) is 4.79 Å². The van der Waals surface area contributed by atoms with Gasteiger partial charge in [0.2, 0.25) is 5.91 Å². The largest absolute Gasteiger partial charge is 0.394 e. The Balaban J connectivity index is 1.72. The molecule has 90 heavy (non-hydrogen) atoms. The Morgan fingerprint density at radius 1 is 0.411 bits per heavy atom. The number of aliphatic hydroxyl groups excluding tert-OH is 8. The molecule has 1 amide bonds. The second-order valence-electron chi connectivity index (χ2n) is 24.6. The van der Waals surface area contributed by atoms with Crippen molar-refractivity contribution in [3.8, 4) is 0 Å². The Labute approximate surface area is 546 Å². The number of rotatable bonds is 57. The number of allylic oxidation sites excluding steroid dienone is 19. The van der Waals surface area contributed by atoms with Gasteiger partial charge in [0.15, 0.2) is 12.6 Å². The highest BCUT2D eigenvalue weighted by atomic mass is 16.7. The molecule has 9 N–H and O–H groups in total. The van der Waals surface area contributed by atoms with Gasteiger partial charge < -0.3 is 65.1 Å². The first-order chi connectivity index (χ1) is 44.1. The van der Waals surface area contributed by atoms with Crippen molar-refractivity contribution in [3.63, 3.8) is 0 Å². The van der Waals surface area contributed by atoms with Gasteiger partial charge >= 0.3 is 0 Å². The number of nitrogens with one attached hydrogen (secondary N) is 1. The molecule has 2 fully saturated rings. The average molecular weight is 1260 g/mol. The highest BCUT2D eigenvalue weighted by molar-refractivity contribution is 5.76. The van der Waals surface area contributed by atoms with Crippen LogP contribution in [0.4, 0.5) is 0 Å². The van der Waals surface area contributed by atoms with Gasteiger partial charge in [0, 0.05) is 6.42 Å². The van der Waals surface area contributed by atoms with Crippen molar-refractivity contribution in [1.82, 2.24) is 5.32 Å². The van der Waals surface area contributed by atoms with Crippen LogP contribution in [0.5, 0.6) is 0 Å². The van der Waals surface area contributed by atoms with Crippen molar-refractivity contribution in [3.05, 3.63) is 122 Å². The second-order valence-corrected chi connectivity index (χ2v) is 24.6. The SMILES string of the molecule is CC/C=C\C/C=C\C/C=C\C/C=C\C/C=C\C/C=C\C/C=C\CCCC(=O)NC(COC1OC(CO)C(OC2OC(CO)C(O)C(O)C2O)C(O)C1O)C(O)/C=C/CC/C=C/CC/C=C/CCCCCCCCCCCCCCCCCCCCCCCCC. The Morgan fingerprint density at radius 2 is 0.778 bits per heavy atom. The van der Waals surface area contributed by atoms with Crippen LogP contribution in [0, 0.1) is 0 Å². The summed E-state index contributed by atoms with van der Waals surface area (Å²) in [5.74, 6) is -0.314. The molecule has 12 atom stereocenters. The van der Waals surface area contributed by atoms with E-state index in [1.54, 1.807) is 6.08 Å². The lowest BCUT2D eigenvalue weighted by Crippen LogP contribution is -2.65. The summed E-state index contributed by atoms with van der Waals surface area (Å²) in [6, 6.07) is -0.980. The standard InChI is InChI=1S/C76H129NO13/c1-3-5-7-9-11-13-15-17-19-21-23-25-27-28-29-30-31-32-33-34-35-36-38-39-41-43-45-47-49-51-53-55-57-59-65(80)64(63-87-75-73(86)71(84)74(67(62-79)89-75)90-76-72(85)70(83)69(82)66(61-78)88-76)77-68(81)60-58-56-54-52-50-48-46-44-42-40-37-26-24-22-20-18-16-14-12-10-8-6-4-2/h6,8,12,14,18,20,24,26,40-43,46,48-49,51-52,54,57,59,64-67,69-76,78-80,82-86H,3-5,7,9-11,13,15-17,19,21-23,25,27-39,44-45,47,50,53,55-56,58,60-63H2,1-2H3,(H,77,81)/b8-6-,14-12-,20-18-,26-24-,42-40-,43-41+,48-46-,51-49+,54-52-,59-57+. The second kappa shape index (κ2) is 59.2. The molecule has 0 aliphatic carbocycles. The summed E-state index contributed by atoms with van der Waals surface area (Å²) < 4.78 is 22.8. The quantitative estimate of drug-likeness (QED) is 0.0204. The minimum atomic E-state index is -1.81. The van der Waals surface area contributed by atoms with Gasteiger partial charge in [-0.1, -0.05) is 277 Å². The number of carbonyl (C=O) groups is 1. The van der Waals surface area contributed by atoms with Crippen molar-refractivity contribution in [2.45, 2.75) is 331 Å². The molecule has 12 unspecified atom stereocenters. The van der Waals surface area contributed by atoms with E-state index in [0.717, 1.165) is 70.6 Å². The molecule has 0 aromatic carbocycles. The fourth-order valence-electron chi connectivity index (χ4n) is 11.0. The predicted molar refractivity (Wildman–Crippen MR) is 368 cm³/mol. The van der Waals surface area contributed by atoms with Crippen LogP contribution in [0.2, 0.25) is 0 Å². The van der Waals surface area contributed by atoms with E-state index >= 15 is 0 Å². The molecule has 0 spiro atoms. The fourth-order valence-corrected chi connectivity index (χ4v) is 11.0. The number of ether oxygens (including phenoxy) is 4. The smallest absolute Gasteiger partial charge is 0.220 e. The highest BCUT2D eigenvalue weighted by Gasteiger charge is 2.51. The molecule has 2 heterocycles. The van der Waals surface area contributed by atoms with Crippen molar-refractivity contribution < 1.29 is 64.6 Å². The minimum absolute atomic E-state index is 0.182. The molecular formula is C76H129NO13. The Kier molecular flexibility index (Phi) is 54.2. The van der Waals surface area contributed by atoms with Crippen molar-refractivity contribution in [1.29, 1.82) is 0 Å². The average Bonchev–Trinajstić information content (AvgIpc) is 1.28. The van der Waals surface area contributed by atoms with Crippen molar-refractivity contribution >= 4 is 5.91 Å². The molecule has 2 aliphatic rings. The van der Waals surface area contributed by atoms with Crippen LogP contribution in [-0.4, -0.2) is 140 Å². The van der Waals surface area contributed by atoms with Gasteiger partial charge in [0.25, 0.3) is 0 Å². The zero-order valence-corrected chi connectivity index (χ0v) is 56.1. The van der Waals surface area contributed by atoms with Gasteiger partial charge in [-0.05, 0) is 96.3 Å². The molecule has 2 saturated heterocycles. The summed E-state index contributed by atoms with van der Waals surface area (Å²) in [5.41, 5.74) is 0. The van der Waals surface area contributed by atoms with Crippen LogP contribution in [0.1, 0.15) is 258 Å². The number of hydrogen-bond donors (Lipinski definition) is 9. The molecule has 2 aliphatic heterocycles. The molecule has 0 aromatic heterocycles. The summed E-state index contributed by atoms with van der Waals surface area (Å²) >= 11 is 0.